The average Bonchev–Trinajstić information content (AvgIpc) is 2.97. The minimum absolute atomic E-state index is 0.250. The number of rotatable bonds is 3. The van der Waals surface area contributed by atoms with E-state index in [0.717, 1.165) is 13.0 Å². The minimum Gasteiger partial charge on any atom is -0.394 e. The lowest BCUT2D eigenvalue weighted by atomic mass is 10.1. The maximum absolute atomic E-state index is 9.39. The van der Waals surface area contributed by atoms with E-state index in [4.69, 9.17) is 0 Å². The zero-order valence-electron chi connectivity index (χ0n) is 11.0. The number of hydrogen-bond acceptors (Lipinski definition) is 2. The Kier molecular flexibility index (Phi) is 3.51. The Balaban J connectivity index is 1.83. The van der Waals surface area contributed by atoms with E-state index in [1.165, 1.54) is 23.2 Å². The highest BCUT2D eigenvalue weighted by molar-refractivity contribution is 5.66. The third-order valence-electron chi connectivity index (χ3n) is 3.89. The molecule has 0 aliphatic carbocycles. The number of benzene rings is 2. The summed E-state index contributed by atoms with van der Waals surface area (Å²) in [4.78, 5) is 2.31. The van der Waals surface area contributed by atoms with Crippen LogP contribution < -0.4 is 4.90 Å². The molecule has 0 radical (unpaired) electrons. The van der Waals surface area contributed by atoms with Crippen molar-refractivity contribution in [1.82, 2.24) is 0 Å². The smallest absolute Gasteiger partial charge is 0.0635 e. The lowest BCUT2D eigenvalue weighted by Crippen LogP contribution is -2.31. The lowest BCUT2D eigenvalue weighted by Gasteiger charge is -2.25. The van der Waals surface area contributed by atoms with Gasteiger partial charge in [0.05, 0.1) is 12.6 Å². The standard InChI is InChI=1S/C17H19NO/c19-13-17-7-4-12-18(17)16-10-8-15(9-11-16)14-5-2-1-3-6-14/h1-3,5-6,8-11,17,19H,4,7,12-13H2/t17-/m0/s1. The normalized spacial score (nSPS) is 18.8. The van der Waals surface area contributed by atoms with Gasteiger partial charge in [0.25, 0.3) is 0 Å². The van der Waals surface area contributed by atoms with E-state index in [1.54, 1.807) is 0 Å². The van der Waals surface area contributed by atoms with Crippen LogP contribution >= 0.6 is 0 Å². The van der Waals surface area contributed by atoms with Crippen molar-refractivity contribution in [2.75, 3.05) is 18.1 Å². The SMILES string of the molecule is OC[C@@H]1CCCN1c1ccc(-c2ccccc2)cc1. The summed E-state index contributed by atoms with van der Waals surface area (Å²) in [6.45, 7) is 1.30. The predicted octanol–water partition coefficient (Wildman–Crippen LogP) is 3.31. The molecule has 1 N–H and O–H groups in total. The van der Waals surface area contributed by atoms with Crippen LogP contribution in [-0.2, 0) is 0 Å². The Hall–Kier alpha value is -1.80. The topological polar surface area (TPSA) is 23.5 Å². The molecule has 2 nitrogen and oxygen atoms in total. The summed E-state index contributed by atoms with van der Waals surface area (Å²) in [5.74, 6) is 0. The van der Waals surface area contributed by atoms with Gasteiger partial charge in [-0.2, -0.15) is 0 Å². The second kappa shape index (κ2) is 5.45. The fraction of sp³-hybridized carbons (Fsp3) is 0.294. The fourth-order valence-electron chi connectivity index (χ4n) is 2.84. The molecule has 0 unspecified atom stereocenters. The second-order valence-electron chi connectivity index (χ2n) is 5.08. The highest BCUT2D eigenvalue weighted by atomic mass is 16.3. The van der Waals surface area contributed by atoms with Gasteiger partial charge in [-0.15, -0.1) is 0 Å². The van der Waals surface area contributed by atoms with Crippen molar-refractivity contribution >= 4 is 5.69 Å². The molecule has 1 aliphatic heterocycles. The van der Waals surface area contributed by atoms with Crippen LogP contribution in [0.4, 0.5) is 5.69 Å². The maximum Gasteiger partial charge on any atom is 0.0635 e. The molecule has 1 aliphatic rings. The molecule has 3 rings (SSSR count). The van der Waals surface area contributed by atoms with Crippen molar-refractivity contribution in [3.05, 3.63) is 54.6 Å². The lowest BCUT2D eigenvalue weighted by molar-refractivity contribution is 0.266. The molecule has 1 fully saturated rings. The number of aliphatic hydroxyl groups is 1. The van der Waals surface area contributed by atoms with Gasteiger partial charge in [-0.3, -0.25) is 0 Å². The van der Waals surface area contributed by atoms with E-state index >= 15 is 0 Å². The quantitative estimate of drug-likeness (QED) is 0.907. The number of hydrogen-bond donors (Lipinski definition) is 1. The zero-order chi connectivity index (χ0) is 13.1. The van der Waals surface area contributed by atoms with Crippen LogP contribution in [0.3, 0.4) is 0 Å². The molecule has 0 aromatic heterocycles. The summed E-state index contributed by atoms with van der Waals surface area (Å²) in [5.41, 5.74) is 3.70. The van der Waals surface area contributed by atoms with Crippen molar-refractivity contribution in [2.24, 2.45) is 0 Å². The molecule has 0 amide bonds. The molecule has 2 aromatic carbocycles. The molecule has 19 heavy (non-hydrogen) atoms. The van der Waals surface area contributed by atoms with Gasteiger partial charge < -0.3 is 10.0 Å². The van der Waals surface area contributed by atoms with Crippen LogP contribution in [-0.4, -0.2) is 24.3 Å². The fourth-order valence-corrected chi connectivity index (χ4v) is 2.84. The highest BCUT2D eigenvalue weighted by Gasteiger charge is 2.23. The number of anilines is 1. The Morgan fingerprint density at radius 3 is 2.32 bits per heavy atom. The number of nitrogens with zero attached hydrogens (tertiary/aromatic N) is 1. The van der Waals surface area contributed by atoms with E-state index in [9.17, 15) is 5.11 Å². The molecule has 1 heterocycles. The molecule has 2 aromatic rings. The van der Waals surface area contributed by atoms with Crippen molar-refractivity contribution in [3.63, 3.8) is 0 Å². The van der Waals surface area contributed by atoms with E-state index in [1.807, 2.05) is 6.07 Å². The van der Waals surface area contributed by atoms with E-state index < -0.39 is 0 Å². The summed E-state index contributed by atoms with van der Waals surface area (Å²) in [7, 11) is 0. The van der Waals surface area contributed by atoms with Gasteiger partial charge in [0, 0.05) is 12.2 Å². The summed E-state index contributed by atoms with van der Waals surface area (Å²) in [5, 5.41) is 9.39. The predicted molar refractivity (Wildman–Crippen MR) is 79.3 cm³/mol. The zero-order valence-corrected chi connectivity index (χ0v) is 11.0. The highest BCUT2D eigenvalue weighted by Crippen LogP contribution is 2.28. The first kappa shape index (κ1) is 12.2. The minimum atomic E-state index is 0.250. The van der Waals surface area contributed by atoms with Gasteiger partial charge >= 0.3 is 0 Å². The molecule has 0 bridgehead atoms. The van der Waals surface area contributed by atoms with Crippen LogP contribution in [0.1, 0.15) is 12.8 Å². The first-order valence-corrected chi connectivity index (χ1v) is 6.91. The molecule has 98 valence electrons. The Morgan fingerprint density at radius 1 is 0.947 bits per heavy atom. The van der Waals surface area contributed by atoms with Gasteiger partial charge in [0.2, 0.25) is 0 Å². The molecule has 0 spiro atoms. The third kappa shape index (κ3) is 2.49. The van der Waals surface area contributed by atoms with E-state index in [-0.39, 0.29) is 6.61 Å². The summed E-state index contributed by atoms with van der Waals surface area (Å²) >= 11 is 0. The average molecular weight is 253 g/mol. The Morgan fingerprint density at radius 2 is 1.63 bits per heavy atom. The van der Waals surface area contributed by atoms with Crippen molar-refractivity contribution in [3.8, 4) is 11.1 Å². The van der Waals surface area contributed by atoms with Gasteiger partial charge in [0.1, 0.15) is 0 Å². The van der Waals surface area contributed by atoms with E-state index in [2.05, 4.69) is 53.4 Å². The molecule has 1 atom stereocenters. The van der Waals surface area contributed by atoms with Crippen LogP contribution in [0, 0.1) is 0 Å². The molecule has 1 saturated heterocycles. The van der Waals surface area contributed by atoms with Gasteiger partial charge in [-0.25, -0.2) is 0 Å². The second-order valence-corrected chi connectivity index (χ2v) is 5.08. The summed E-state index contributed by atoms with van der Waals surface area (Å²) < 4.78 is 0. The van der Waals surface area contributed by atoms with Crippen LogP contribution in [0.5, 0.6) is 0 Å². The van der Waals surface area contributed by atoms with Crippen LogP contribution in [0.2, 0.25) is 0 Å². The van der Waals surface area contributed by atoms with Crippen LogP contribution in [0.25, 0.3) is 11.1 Å². The molecular weight excluding hydrogens is 234 g/mol. The van der Waals surface area contributed by atoms with Crippen LogP contribution in [0.15, 0.2) is 54.6 Å². The van der Waals surface area contributed by atoms with Gasteiger partial charge in [-0.1, -0.05) is 42.5 Å². The van der Waals surface area contributed by atoms with Crippen molar-refractivity contribution < 1.29 is 5.11 Å². The monoisotopic (exact) mass is 253 g/mol. The van der Waals surface area contributed by atoms with Gasteiger partial charge in [-0.05, 0) is 36.1 Å². The Bertz CT molecular complexity index is 521. The largest absolute Gasteiger partial charge is 0.394 e. The number of aliphatic hydroxyl groups excluding tert-OH is 1. The summed E-state index contributed by atoms with van der Waals surface area (Å²) in [6.07, 6.45) is 2.27. The van der Waals surface area contributed by atoms with Crippen molar-refractivity contribution in [1.29, 1.82) is 0 Å². The molecule has 0 saturated carbocycles. The Labute approximate surface area is 114 Å². The molecule has 2 heteroatoms. The first-order valence-electron chi connectivity index (χ1n) is 6.91. The van der Waals surface area contributed by atoms with E-state index in [0.29, 0.717) is 6.04 Å². The first-order chi connectivity index (χ1) is 9.38. The molecular formula is C17H19NO. The summed E-state index contributed by atoms with van der Waals surface area (Å²) in [6, 6.07) is 19.4. The van der Waals surface area contributed by atoms with Gasteiger partial charge in [0.15, 0.2) is 0 Å². The maximum atomic E-state index is 9.39. The van der Waals surface area contributed by atoms with Crippen molar-refractivity contribution in [2.45, 2.75) is 18.9 Å². The third-order valence-corrected chi connectivity index (χ3v) is 3.89.